The summed E-state index contributed by atoms with van der Waals surface area (Å²) in [6.07, 6.45) is 5.30. The molecule has 0 saturated carbocycles. The molecule has 2 aromatic heterocycles. The molecule has 0 aliphatic rings. The van der Waals surface area contributed by atoms with E-state index in [0.29, 0.717) is 17.3 Å². The molecular formula is C11H15N5O2. The third kappa shape index (κ3) is 2.20. The summed E-state index contributed by atoms with van der Waals surface area (Å²) >= 11 is 0. The predicted molar refractivity (Wildman–Crippen MR) is 67.6 cm³/mol. The van der Waals surface area contributed by atoms with Gasteiger partial charge in [0.2, 0.25) is 0 Å². The van der Waals surface area contributed by atoms with Gasteiger partial charge in [-0.05, 0) is 6.92 Å². The van der Waals surface area contributed by atoms with Crippen molar-refractivity contribution in [1.82, 2.24) is 14.4 Å². The van der Waals surface area contributed by atoms with Gasteiger partial charge in [-0.25, -0.2) is 14.8 Å². The first-order valence-corrected chi connectivity index (χ1v) is 5.51. The topological polar surface area (TPSA) is 80.5 Å². The van der Waals surface area contributed by atoms with Gasteiger partial charge in [0.15, 0.2) is 11.5 Å². The molecule has 0 bridgehead atoms. The summed E-state index contributed by atoms with van der Waals surface area (Å²) in [5.41, 5.74) is 0.657. The van der Waals surface area contributed by atoms with Gasteiger partial charge in [0.05, 0.1) is 13.3 Å². The number of rotatable bonds is 4. The molecule has 0 saturated heterocycles. The number of ether oxygens (including phenoxy) is 1. The summed E-state index contributed by atoms with van der Waals surface area (Å²) in [5.74, 6) is 0.862. The van der Waals surface area contributed by atoms with Gasteiger partial charge >= 0.3 is 5.97 Å². The fourth-order valence-electron chi connectivity index (χ4n) is 1.59. The number of nitrogens with zero attached hydrogens (tertiary/aromatic N) is 3. The minimum absolute atomic E-state index is 0.351. The van der Waals surface area contributed by atoms with Gasteiger partial charge in [0.25, 0.3) is 0 Å². The van der Waals surface area contributed by atoms with Crippen LogP contribution in [0.15, 0.2) is 18.6 Å². The highest BCUT2D eigenvalue weighted by Gasteiger charge is 2.16. The number of methoxy groups -OCH3 is 1. The molecule has 1 unspecified atom stereocenters. The van der Waals surface area contributed by atoms with Crippen LogP contribution in [0.3, 0.4) is 0 Å². The number of esters is 1. The molecule has 7 heteroatoms. The molecule has 7 nitrogen and oxygen atoms in total. The maximum atomic E-state index is 11.4. The minimum atomic E-state index is -0.491. The van der Waals surface area contributed by atoms with E-state index in [2.05, 4.69) is 25.3 Å². The van der Waals surface area contributed by atoms with Crippen LogP contribution in [0.25, 0.3) is 5.65 Å². The van der Waals surface area contributed by atoms with Gasteiger partial charge in [-0.1, -0.05) is 0 Å². The summed E-state index contributed by atoms with van der Waals surface area (Å²) in [4.78, 5) is 19.9. The zero-order valence-electron chi connectivity index (χ0n) is 10.5. The molecule has 2 heterocycles. The number of nitrogens with one attached hydrogen (secondary N) is 2. The number of aromatic nitrogens is 3. The van der Waals surface area contributed by atoms with Crippen molar-refractivity contribution in [2.75, 3.05) is 24.8 Å². The van der Waals surface area contributed by atoms with Crippen LogP contribution in [0, 0.1) is 0 Å². The van der Waals surface area contributed by atoms with Crippen molar-refractivity contribution in [2.24, 2.45) is 0 Å². The first kappa shape index (κ1) is 12.2. The van der Waals surface area contributed by atoms with Crippen molar-refractivity contribution in [2.45, 2.75) is 13.0 Å². The average Bonchev–Trinajstić information content (AvgIpc) is 2.85. The first-order chi connectivity index (χ1) is 8.65. The Kier molecular flexibility index (Phi) is 3.31. The molecule has 0 aliphatic carbocycles. The highest BCUT2D eigenvalue weighted by atomic mass is 16.5. The SMILES string of the molecule is CNc1cn2ccnc2c(NC(C)C(=O)OC)n1. The molecular weight excluding hydrogens is 234 g/mol. The van der Waals surface area contributed by atoms with E-state index in [-0.39, 0.29) is 5.97 Å². The van der Waals surface area contributed by atoms with Crippen LogP contribution in [-0.4, -0.2) is 40.5 Å². The molecule has 18 heavy (non-hydrogen) atoms. The fraction of sp³-hybridized carbons (Fsp3) is 0.364. The molecule has 96 valence electrons. The van der Waals surface area contributed by atoms with Gasteiger partial charge in [-0.3, -0.25) is 0 Å². The highest BCUT2D eigenvalue weighted by Crippen LogP contribution is 2.17. The summed E-state index contributed by atoms with van der Waals surface area (Å²) in [6.45, 7) is 1.71. The monoisotopic (exact) mass is 249 g/mol. The van der Waals surface area contributed by atoms with Crippen LogP contribution in [0.5, 0.6) is 0 Å². The number of carbonyl (C=O) groups excluding carboxylic acids is 1. The quantitative estimate of drug-likeness (QED) is 0.778. The van der Waals surface area contributed by atoms with Gasteiger partial charge in [-0.15, -0.1) is 0 Å². The second-order valence-corrected chi connectivity index (χ2v) is 3.77. The van der Waals surface area contributed by atoms with Crippen LogP contribution in [0.2, 0.25) is 0 Å². The Morgan fingerprint density at radius 2 is 2.33 bits per heavy atom. The van der Waals surface area contributed by atoms with Gasteiger partial charge in [0.1, 0.15) is 11.9 Å². The molecule has 2 aromatic rings. The van der Waals surface area contributed by atoms with Crippen molar-refractivity contribution < 1.29 is 9.53 Å². The van der Waals surface area contributed by atoms with E-state index in [9.17, 15) is 4.79 Å². The van der Waals surface area contributed by atoms with Crippen LogP contribution >= 0.6 is 0 Å². The van der Waals surface area contributed by atoms with E-state index < -0.39 is 6.04 Å². The Hall–Kier alpha value is -2.31. The van der Waals surface area contributed by atoms with Gasteiger partial charge in [-0.2, -0.15) is 0 Å². The Morgan fingerprint density at radius 1 is 1.56 bits per heavy atom. The lowest BCUT2D eigenvalue weighted by Crippen LogP contribution is -2.28. The lowest BCUT2D eigenvalue weighted by Gasteiger charge is -2.13. The summed E-state index contributed by atoms with van der Waals surface area (Å²) in [6, 6.07) is -0.491. The Labute approximate surface area is 104 Å². The third-order valence-corrected chi connectivity index (χ3v) is 2.54. The molecule has 0 amide bonds. The van der Waals surface area contributed by atoms with E-state index in [1.54, 1.807) is 20.2 Å². The molecule has 0 aliphatic heterocycles. The Bertz CT molecular complexity index is 566. The normalized spacial score (nSPS) is 12.2. The molecule has 0 fully saturated rings. The van der Waals surface area contributed by atoms with Crippen LogP contribution < -0.4 is 10.6 Å². The first-order valence-electron chi connectivity index (χ1n) is 5.51. The Morgan fingerprint density at radius 3 is 3.00 bits per heavy atom. The standard InChI is InChI=1S/C11H15N5O2/c1-7(11(17)18-3)14-9-10-13-4-5-16(10)6-8(12-2)15-9/h4-7,12H,1-3H3,(H,14,15). The largest absolute Gasteiger partial charge is 0.467 e. The summed E-state index contributed by atoms with van der Waals surface area (Å²) in [5, 5.41) is 5.94. The fourth-order valence-corrected chi connectivity index (χ4v) is 1.59. The summed E-state index contributed by atoms with van der Waals surface area (Å²) in [7, 11) is 3.13. The maximum Gasteiger partial charge on any atom is 0.328 e. The van der Waals surface area contributed by atoms with E-state index in [0.717, 1.165) is 0 Å². The molecule has 0 radical (unpaired) electrons. The van der Waals surface area contributed by atoms with E-state index in [1.807, 2.05) is 16.8 Å². The second kappa shape index (κ2) is 4.91. The second-order valence-electron chi connectivity index (χ2n) is 3.77. The highest BCUT2D eigenvalue weighted by molar-refractivity contribution is 5.80. The maximum absolute atomic E-state index is 11.4. The zero-order valence-corrected chi connectivity index (χ0v) is 10.5. The van der Waals surface area contributed by atoms with Crippen molar-refractivity contribution >= 4 is 23.3 Å². The van der Waals surface area contributed by atoms with Crippen molar-refractivity contribution in [3.8, 4) is 0 Å². The smallest absolute Gasteiger partial charge is 0.328 e. The van der Waals surface area contributed by atoms with Crippen molar-refractivity contribution in [3.05, 3.63) is 18.6 Å². The number of hydrogen-bond acceptors (Lipinski definition) is 6. The van der Waals surface area contributed by atoms with Crippen LogP contribution in [0.4, 0.5) is 11.6 Å². The number of fused-ring (bicyclic) bond motifs is 1. The lowest BCUT2D eigenvalue weighted by atomic mass is 10.3. The van der Waals surface area contributed by atoms with Gasteiger partial charge < -0.3 is 19.8 Å². The van der Waals surface area contributed by atoms with Crippen LogP contribution in [-0.2, 0) is 9.53 Å². The van der Waals surface area contributed by atoms with E-state index in [1.165, 1.54) is 7.11 Å². The predicted octanol–water partition coefficient (Wildman–Crippen LogP) is 0.744. The number of imidazole rings is 1. The Balaban J connectivity index is 2.36. The molecule has 2 rings (SSSR count). The molecule has 0 spiro atoms. The van der Waals surface area contributed by atoms with E-state index in [4.69, 9.17) is 0 Å². The molecule has 1 atom stereocenters. The van der Waals surface area contributed by atoms with E-state index >= 15 is 0 Å². The molecule has 2 N–H and O–H groups in total. The molecule has 0 aromatic carbocycles. The van der Waals surface area contributed by atoms with Gasteiger partial charge in [0, 0.05) is 19.4 Å². The minimum Gasteiger partial charge on any atom is -0.467 e. The average molecular weight is 249 g/mol. The lowest BCUT2D eigenvalue weighted by molar-refractivity contribution is -0.141. The number of anilines is 2. The zero-order chi connectivity index (χ0) is 13.1. The van der Waals surface area contributed by atoms with Crippen molar-refractivity contribution in [3.63, 3.8) is 0 Å². The van der Waals surface area contributed by atoms with Crippen LogP contribution in [0.1, 0.15) is 6.92 Å². The van der Waals surface area contributed by atoms with Crippen molar-refractivity contribution in [1.29, 1.82) is 0 Å². The third-order valence-electron chi connectivity index (χ3n) is 2.54. The summed E-state index contributed by atoms with van der Waals surface area (Å²) < 4.78 is 6.49. The number of hydrogen-bond donors (Lipinski definition) is 2. The number of carbonyl (C=O) groups is 1.